The first-order valence-corrected chi connectivity index (χ1v) is 29.4. The molecule has 69 heavy (non-hydrogen) atoms. The van der Waals surface area contributed by atoms with E-state index in [9.17, 15) is 20.4 Å². The number of rotatable bonds is 10. The average Bonchev–Trinajstić information content (AvgIpc) is 3.89. The van der Waals surface area contributed by atoms with Crippen LogP contribution in [0.3, 0.4) is 0 Å². The van der Waals surface area contributed by atoms with Gasteiger partial charge in [-0.1, -0.05) is 74.5 Å². The maximum absolute atomic E-state index is 11.1. The van der Waals surface area contributed by atoms with Crippen molar-refractivity contribution in [2.45, 2.75) is 259 Å². The Morgan fingerprint density at radius 2 is 1.00 bits per heavy atom. The molecule has 2 heterocycles. The lowest BCUT2D eigenvalue weighted by molar-refractivity contribution is -0.153. The summed E-state index contributed by atoms with van der Waals surface area (Å²) in [7, 11) is 1.00. The zero-order chi connectivity index (χ0) is 49.0. The Morgan fingerprint density at radius 1 is 0.522 bits per heavy atom. The molecule has 7 saturated carbocycles. The molecule has 0 unspecified atom stereocenters. The van der Waals surface area contributed by atoms with Crippen LogP contribution >= 0.6 is 0 Å². The standard InChI is InChI=1S/C30H52O3.C30H50O3.CH4O.CH4/c2*1-5-29(31)15-14-27(3)22(20-29)6-7-23-25-9-8-24(28(25,4)12-11-26(23)27)21(2)10-13-30(32)16-18-33-19-17-30;1-2;/h21-26,31-32H,5-20H2,1-4H3;6,21,23-26,31-32H,5,7-20H2,1-4H3;2H,1H3;1H4/t21-,22+,23+,24-,25+,26+,27+,28-,29+;21-,23+,24-,25+,26+,27+,28-,29+;;/m11../s1. The van der Waals surface area contributed by atoms with E-state index >= 15 is 0 Å². The van der Waals surface area contributed by atoms with Crippen LogP contribution in [0, 0.1) is 86.8 Å². The molecule has 2 aliphatic heterocycles. The molecule has 0 spiro atoms. The van der Waals surface area contributed by atoms with Gasteiger partial charge in [0, 0.05) is 33.5 Å². The molecule has 7 heteroatoms. The maximum atomic E-state index is 11.1. The largest absolute Gasteiger partial charge is 0.400 e. The first kappa shape index (κ1) is 56.2. The van der Waals surface area contributed by atoms with Gasteiger partial charge in [0.2, 0.25) is 0 Å². The summed E-state index contributed by atoms with van der Waals surface area (Å²) in [4.78, 5) is 0. The lowest BCUT2D eigenvalue weighted by atomic mass is 9.43. The van der Waals surface area contributed by atoms with Gasteiger partial charge in [-0.3, -0.25) is 0 Å². The van der Waals surface area contributed by atoms with Crippen LogP contribution in [0.4, 0.5) is 0 Å². The highest BCUT2D eigenvalue weighted by molar-refractivity contribution is 5.27. The fourth-order valence-corrected chi connectivity index (χ4v) is 20.0. The van der Waals surface area contributed by atoms with E-state index in [1.165, 1.54) is 89.9 Å². The number of aliphatic hydroxyl groups is 5. The van der Waals surface area contributed by atoms with Crippen molar-refractivity contribution in [3.8, 4) is 0 Å². The van der Waals surface area contributed by atoms with Crippen LogP contribution in [0.2, 0.25) is 0 Å². The van der Waals surface area contributed by atoms with Crippen molar-refractivity contribution in [1.82, 2.24) is 0 Å². The summed E-state index contributed by atoms with van der Waals surface area (Å²) in [6.07, 6.45) is 33.5. The van der Waals surface area contributed by atoms with Crippen LogP contribution in [0.1, 0.15) is 236 Å². The molecular formula is C62H110O7. The summed E-state index contributed by atoms with van der Waals surface area (Å²) in [5.41, 5.74) is 1.55. The first-order valence-electron chi connectivity index (χ1n) is 29.4. The Labute approximate surface area is 423 Å². The van der Waals surface area contributed by atoms with Crippen molar-refractivity contribution in [3.63, 3.8) is 0 Å². The van der Waals surface area contributed by atoms with Gasteiger partial charge < -0.3 is 35.0 Å². The van der Waals surface area contributed by atoms with Gasteiger partial charge in [0.1, 0.15) is 0 Å². The summed E-state index contributed by atoms with van der Waals surface area (Å²) in [6, 6.07) is 0. The van der Waals surface area contributed by atoms with E-state index in [4.69, 9.17) is 14.6 Å². The second kappa shape index (κ2) is 21.6. The van der Waals surface area contributed by atoms with Crippen molar-refractivity contribution in [1.29, 1.82) is 0 Å². The zero-order valence-corrected chi connectivity index (χ0v) is 45.4. The Hall–Kier alpha value is -0.540. The predicted octanol–water partition coefficient (Wildman–Crippen LogP) is 13.7. The topological polar surface area (TPSA) is 120 Å². The van der Waals surface area contributed by atoms with Gasteiger partial charge in [0.05, 0.1) is 22.4 Å². The molecule has 10 aliphatic rings. The Bertz CT molecular complexity index is 1700. The van der Waals surface area contributed by atoms with Gasteiger partial charge >= 0.3 is 0 Å². The monoisotopic (exact) mass is 967 g/mol. The molecule has 10 rings (SSSR count). The van der Waals surface area contributed by atoms with E-state index in [0.717, 1.165) is 170 Å². The first-order chi connectivity index (χ1) is 32.3. The molecule has 2 saturated heterocycles. The summed E-state index contributed by atoms with van der Waals surface area (Å²) in [5.74, 6) is 8.98. The third kappa shape index (κ3) is 10.6. The van der Waals surface area contributed by atoms with Gasteiger partial charge in [0.15, 0.2) is 0 Å². The van der Waals surface area contributed by atoms with Crippen LogP contribution in [0.15, 0.2) is 11.6 Å². The molecule has 17 atom stereocenters. The lowest BCUT2D eigenvalue weighted by Gasteiger charge is -2.62. The fourth-order valence-electron chi connectivity index (χ4n) is 20.0. The van der Waals surface area contributed by atoms with E-state index in [1.807, 2.05) is 0 Å². The normalized spacial score (nSPS) is 46.9. The van der Waals surface area contributed by atoms with Gasteiger partial charge in [0.25, 0.3) is 0 Å². The third-order valence-electron chi connectivity index (χ3n) is 24.9. The van der Waals surface area contributed by atoms with Crippen LogP contribution in [0.5, 0.6) is 0 Å². The molecule has 400 valence electrons. The van der Waals surface area contributed by atoms with Gasteiger partial charge in [-0.2, -0.15) is 0 Å². The van der Waals surface area contributed by atoms with Crippen molar-refractivity contribution < 1.29 is 35.0 Å². The molecular weight excluding hydrogens is 857 g/mol. The number of hydrogen-bond acceptors (Lipinski definition) is 7. The third-order valence-corrected chi connectivity index (χ3v) is 24.9. The molecule has 0 bridgehead atoms. The summed E-state index contributed by atoms with van der Waals surface area (Å²) < 4.78 is 11.0. The predicted molar refractivity (Wildman–Crippen MR) is 283 cm³/mol. The maximum Gasteiger partial charge on any atom is 0.0691 e. The Kier molecular flexibility index (Phi) is 17.6. The average molecular weight is 968 g/mol. The Morgan fingerprint density at radius 3 is 1.52 bits per heavy atom. The van der Waals surface area contributed by atoms with Crippen molar-refractivity contribution in [2.75, 3.05) is 33.5 Å². The minimum atomic E-state index is -0.483. The van der Waals surface area contributed by atoms with E-state index in [2.05, 4.69) is 61.5 Å². The quantitative estimate of drug-likeness (QED) is 0.138. The minimum Gasteiger partial charge on any atom is -0.400 e. The molecule has 0 aromatic rings. The fraction of sp³-hybridized carbons (Fsp3) is 0.968. The Balaban J connectivity index is 0.000000194. The second-order valence-corrected chi connectivity index (χ2v) is 27.6. The van der Waals surface area contributed by atoms with Gasteiger partial charge in [-0.15, -0.1) is 0 Å². The zero-order valence-electron chi connectivity index (χ0n) is 45.4. The van der Waals surface area contributed by atoms with Crippen LogP contribution < -0.4 is 0 Å². The highest BCUT2D eigenvalue weighted by atomic mass is 16.5. The highest BCUT2D eigenvalue weighted by Gasteiger charge is 2.63. The number of hydrogen-bond donors (Lipinski definition) is 5. The molecule has 0 aromatic heterocycles. The van der Waals surface area contributed by atoms with Crippen LogP contribution in [0.25, 0.3) is 0 Å². The number of aliphatic hydroxyl groups excluding tert-OH is 1. The number of fused-ring (bicyclic) bond motifs is 10. The van der Waals surface area contributed by atoms with Crippen LogP contribution in [-0.4, -0.2) is 81.5 Å². The second-order valence-electron chi connectivity index (χ2n) is 27.6. The smallest absolute Gasteiger partial charge is 0.0691 e. The van der Waals surface area contributed by atoms with E-state index < -0.39 is 16.8 Å². The van der Waals surface area contributed by atoms with E-state index in [0.29, 0.717) is 33.5 Å². The summed E-state index contributed by atoms with van der Waals surface area (Å²) >= 11 is 0. The van der Waals surface area contributed by atoms with Crippen molar-refractivity contribution in [3.05, 3.63) is 11.6 Å². The number of ether oxygens (including phenoxy) is 2. The molecule has 9 fully saturated rings. The van der Waals surface area contributed by atoms with E-state index in [1.54, 1.807) is 5.57 Å². The van der Waals surface area contributed by atoms with E-state index in [-0.39, 0.29) is 13.0 Å². The number of allylic oxidation sites excluding steroid dienone is 1. The molecule has 7 nitrogen and oxygen atoms in total. The van der Waals surface area contributed by atoms with Gasteiger partial charge in [-0.25, -0.2) is 0 Å². The molecule has 0 radical (unpaired) electrons. The SMILES string of the molecule is C.CC[C@]1(O)CC[C@@]2(C)C(=CC[C@H]3[C@@H]4CC[C@H]([C@H](C)CCC5(O)CCOCC5)[C@@]4(C)CC[C@@H]32)C1.CC[C@]1(O)CC[C@@]2(C)[C@@H](CC[C@@H]3[C@@H]2CC[C@]2(C)[C@@H]([C@H](C)CCC4(O)CCOCC4)CC[C@@H]32)C1.CO. The highest BCUT2D eigenvalue weighted by Crippen LogP contribution is 2.70. The van der Waals surface area contributed by atoms with Crippen molar-refractivity contribution in [2.24, 2.45) is 86.8 Å². The lowest BCUT2D eigenvalue weighted by Crippen LogP contribution is -2.56. The molecule has 0 aromatic carbocycles. The van der Waals surface area contributed by atoms with Crippen LogP contribution in [-0.2, 0) is 9.47 Å². The summed E-state index contributed by atoms with van der Waals surface area (Å²) in [5, 5.41) is 51.1. The van der Waals surface area contributed by atoms with Crippen molar-refractivity contribution >= 4 is 0 Å². The summed E-state index contributed by atoms with van der Waals surface area (Å²) in [6.45, 7) is 22.7. The molecule has 0 amide bonds. The minimum absolute atomic E-state index is 0. The molecule has 8 aliphatic carbocycles. The molecule has 5 N–H and O–H groups in total. The van der Waals surface area contributed by atoms with Gasteiger partial charge in [-0.05, 0) is 260 Å².